The lowest BCUT2D eigenvalue weighted by atomic mass is 9.96. The molecule has 1 aromatic heterocycles. The number of likely N-dealkylation sites (tertiary alicyclic amines) is 1. The van der Waals surface area contributed by atoms with Gasteiger partial charge in [-0.1, -0.05) is 31.5 Å². The SMILES string of the molecule is CCCCN1CCC(CNC(=O)c2c3n(c4ccccc24)C(O)CCO3)CC1. The van der Waals surface area contributed by atoms with Gasteiger partial charge in [0.2, 0.25) is 5.88 Å². The highest BCUT2D eigenvalue weighted by Crippen LogP contribution is 2.37. The summed E-state index contributed by atoms with van der Waals surface area (Å²) >= 11 is 0. The van der Waals surface area contributed by atoms with Crippen LogP contribution in [0.4, 0.5) is 0 Å². The maximum atomic E-state index is 13.1. The predicted octanol–water partition coefficient (Wildman–Crippen LogP) is 3.16. The number of hydrogen-bond donors (Lipinski definition) is 2. The summed E-state index contributed by atoms with van der Waals surface area (Å²) in [6.07, 6.45) is 4.65. The Morgan fingerprint density at radius 1 is 1.25 bits per heavy atom. The third kappa shape index (κ3) is 3.76. The van der Waals surface area contributed by atoms with Crippen molar-refractivity contribution in [2.24, 2.45) is 5.92 Å². The van der Waals surface area contributed by atoms with Crippen molar-refractivity contribution in [3.8, 4) is 5.88 Å². The van der Waals surface area contributed by atoms with Gasteiger partial charge >= 0.3 is 0 Å². The van der Waals surface area contributed by atoms with E-state index in [1.807, 2.05) is 24.3 Å². The van der Waals surface area contributed by atoms with E-state index in [0.717, 1.165) is 36.8 Å². The Labute approximate surface area is 166 Å². The Balaban J connectivity index is 1.44. The number of amides is 1. The molecule has 1 fully saturated rings. The van der Waals surface area contributed by atoms with Gasteiger partial charge in [0.15, 0.2) is 0 Å². The summed E-state index contributed by atoms with van der Waals surface area (Å²) in [4.78, 5) is 15.6. The number of aliphatic hydroxyl groups excluding tert-OH is 1. The molecular formula is C22H31N3O3. The smallest absolute Gasteiger partial charge is 0.257 e. The zero-order valence-electron chi connectivity index (χ0n) is 16.7. The first kappa shape index (κ1) is 19.3. The molecule has 0 aliphatic carbocycles. The second kappa shape index (κ2) is 8.53. The highest BCUT2D eigenvalue weighted by molar-refractivity contribution is 6.09. The molecule has 2 aliphatic rings. The van der Waals surface area contributed by atoms with Crippen LogP contribution in [0.25, 0.3) is 10.9 Å². The highest BCUT2D eigenvalue weighted by atomic mass is 16.5. The normalized spacial score (nSPS) is 20.7. The van der Waals surface area contributed by atoms with E-state index in [1.165, 1.54) is 19.4 Å². The zero-order chi connectivity index (χ0) is 19.5. The van der Waals surface area contributed by atoms with Gasteiger partial charge in [-0.3, -0.25) is 9.36 Å². The molecule has 1 aromatic carbocycles. The second-order valence-corrected chi connectivity index (χ2v) is 8.03. The molecule has 1 atom stereocenters. The van der Waals surface area contributed by atoms with Gasteiger partial charge in [-0.25, -0.2) is 0 Å². The number of para-hydroxylation sites is 1. The number of unbranched alkanes of at least 4 members (excludes halogenated alkanes) is 1. The van der Waals surface area contributed by atoms with Crippen LogP contribution in [0.15, 0.2) is 24.3 Å². The first-order valence-electron chi connectivity index (χ1n) is 10.6. The average Bonchev–Trinajstić information content (AvgIpc) is 3.07. The third-order valence-electron chi connectivity index (χ3n) is 6.09. The second-order valence-electron chi connectivity index (χ2n) is 8.03. The lowest BCUT2D eigenvalue weighted by Gasteiger charge is -2.32. The van der Waals surface area contributed by atoms with Gasteiger partial charge in [-0.2, -0.15) is 0 Å². The van der Waals surface area contributed by atoms with E-state index in [4.69, 9.17) is 4.74 Å². The number of fused-ring (bicyclic) bond motifs is 3. The van der Waals surface area contributed by atoms with Gasteiger partial charge in [0, 0.05) is 18.4 Å². The molecule has 2 aromatic rings. The quantitative estimate of drug-likeness (QED) is 0.802. The number of nitrogens with one attached hydrogen (secondary N) is 1. The maximum absolute atomic E-state index is 13.1. The molecule has 0 spiro atoms. The fourth-order valence-electron chi connectivity index (χ4n) is 4.41. The topological polar surface area (TPSA) is 66.7 Å². The molecule has 28 heavy (non-hydrogen) atoms. The van der Waals surface area contributed by atoms with Crippen molar-refractivity contribution in [2.75, 3.05) is 32.8 Å². The molecule has 4 rings (SSSR count). The number of benzene rings is 1. The molecule has 0 bridgehead atoms. The molecule has 1 saturated heterocycles. The van der Waals surface area contributed by atoms with Crippen LogP contribution in [0.2, 0.25) is 0 Å². The van der Waals surface area contributed by atoms with Crippen molar-refractivity contribution in [2.45, 2.75) is 45.3 Å². The van der Waals surface area contributed by atoms with Crippen molar-refractivity contribution < 1.29 is 14.6 Å². The van der Waals surface area contributed by atoms with E-state index in [-0.39, 0.29) is 5.91 Å². The van der Waals surface area contributed by atoms with Crippen LogP contribution in [0.5, 0.6) is 5.88 Å². The van der Waals surface area contributed by atoms with Crippen LogP contribution < -0.4 is 10.1 Å². The summed E-state index contributed by atoms with van der Waals surface area (Å²) in [5, 5.41) is 14.4. The van der Waals surface area contributed by atoms with Crippen molar-refractivity contribution in [3.05, 3.63) is 29.8 Å². The third-order valence-corrected chi connectivity index (χ3v) is 6.09. The van der Waals surface area contributed by atoms with E-state index in [1.54, 1.807) is 4.57 Å². The lowest BCUT2D eigenvalue weighted by Crippen LogP contribution is -2.39. The van der Waals surface area contributed by atoms with Crippen LogP contribution in [-0.2, 0) is 0 Å². The van der Waals surface area contributed by atoms with Gasteiger partial charge in [-0.05, 0) is 50.9 Å². The minimum atomic E-state index is -0.650. The predicted molar refractivity (Wildman–Crippen MR) is 110 cm³/mol. The molecule has 6 nitrogen and oxygen atoms in total. The fourth-order valence-corrected chi connectivity index (χ4v) is 4.41. The number of aliphatic hydroxyl groups is 1. The van der Waals surface area contributed by atoms with E-state index in [2.05, 4.69) is 17.1 Å². The number of rotatable bonds is 6. The molecule has 152 valence electrons. The van der Waals surface area contributed by atoms with E-state index in [9.17, 15) is 9.90 Å². The van der Waals surface area contributed by atoms with Crippen molar-refractivity contribution in [1.29, 1.82) is 0 Å². The lowest BCUT2D eigenvalue weighted by molar-refractivity contribution is 0.0434. The molecule has 2 aliphatic heterocycles. The Bertz CT molecular complexity index is 824. The fraction of sp³-hybridized carbons (Fsp3) is 0.591. The molecule has 6 heteroatoms. The molecule has 1 unspecified atom stereocenters. The summed E-state index contributed by atoms with van der Waals surface area (Å²) in [6, 6.07) is 7.70. The Morgan fingerprint density at radius 3 is 2.82 bits per heavy atom. The van der Waals surface area contributed by atoms with Gasteiger partial charge < -0.3 is 20.1 Å². The molecule has 0 saturated carbocycles. The van der Waals surface area contributed by atoms with Crippen molar-refractivity contribution in [1.82, 2.24) is 14.8 Å². The van der Waals surface area contributed by atoms with Crippen LogP contribution in [0.1, 0.15) is 55.6 Å². The summed E-state index contributed by atoms with van der Waals surface area (Å²) in [5.41, 5.74) is 1.40. The summed E-state index contributed by atoms with van der Waals surface area (Å²) in [6.45, 7) is 6.80. The van der Waals surface area contributed by atoms with Crippen LogP contribution in [-0.4, -0.2) is 53.3 Å². The highest BCUT2D eigenvalue weighted by Gasteiger charge is 2.30. The van der Waals surface area contributed by atoms with E-state index >= 15 is 0 Å². The molecule has 0 radical (unpaired) electrons. The molecule has 2 N–H and O–H groups in total. The van der Waals surface area contributed by atoms with Crippen LogP contribution in [0, 0.1) is 5.92 Å². The zero-order valence-corrected chi connectivity index (χ0v) is 16.7. The Hall–Kier alpha value is -2.05. The monoisotopic (exact) mass is 385 g/mol. The Morgan fingerprint density at radius 2 is 2.04 bits per heavy atom. The minimum absolute atomic E-state index is 0.104. The van der Waals surface area contributed by atoms with Crippen molar-refractivity contribution >= 4 is 16.8 Å². The summed E-state index contributed by atoms with van der Waals surface area (Å²) < 4.78 is 7.56. The number of nitrogens with zero attached hydrogens (tertiary/aromatic N) is 2. The van der Waals surface area contributed by atoms with Crippen LogP contribution >= 0.6 is 0 Å². The Kier molecular flexibility index (Phi) is 5.87. The van der Waals surface area contributed by atoms with Gasteiger partial charge in [0.1, 0.15) is 11.8 Å². The standard InChI is InChI=1S/C22H31N3O3/c1-2-3-11-24-12-8-16(9-13-24)15-23-21(27)20-17-6-4-5-7-18(17)25-19(26)10-14-28-22(20)25/h4-7,16,19,26H,2-3,8-15H2,1H3,(H,23,27). The van der Waals surface area contributed by atoms with Gasteiger partial charge in [0.05, 0.1) is 12.1 Å². The molecule has 3 heterocycles. The largest absolute Gasteiger partial charge is 0.478 e. The molecular weight excluding hydrogens is 354 g/mol. The van der Waals surface area contributed by atoms with E-state index in [0.29, 0.717) is 36.9 Å². The number of carbonyl (C=O) groups excluding carboxylic acids is 1. The number of carbonyl (C=O) groups is 1. The van der Waals surface area contributed by atoms with Gasteiger partial charge in [-0.15, -0.1) is 0 Å². The van der Waals surface area contributed by atoms with E-state index < -0.39 is 6.23 Å². The molecule has 1 amide bonds. The number of hydrogen-bond acceptors (Lipinski definition) is 4. The van der Waals surface area contributed by atoms with Gasteiger partial charge in [0.25, 0.3) is 5.91 Å². The van der Waals surface area contributed by atoms with Crippen molar-refractivity contribution in [3.63, 3.8) is 0 Å². The number of piperidine rings is 1. The van der Waals surface area contributed by atoms with Crippen LogP contribution in [0.3, 0.4) is 0 Å². The summed E-state index contributed by atoms with van der Waals surface area (Å²) in [7, 11) is 0. The first-order valence-corrected chi connectivity index (χ1v) is 10.6. The summed E-state index contributed by atoms with van der Waals surface area (Å²) in [5.74, 6) is 0.914. The first-order chi connectivity index (χ1) is 13.7. The number of aromatic nitrogens is 1. The minimum Gasteiger partial charge on any atom is -0.478 e. The average molecular weight is 386 g/mol. The number of ether oxygens (including phenoxy) is 1. The maximum Gasteiger partial charge on any atom is 0.257 e.